The number of benzene rings is 1. The summed E-state index contributed by atoms with van der Waals surface area (Å²) >= 11 is 0. The first kappa shape index (κ1) is 19.5. The lowest BCUT2D eigenvalue weighted by Gasteiger charge is -2.28. The number of pyridine rings is 1. The van der Waals surface area contributed by atoms with Crippen LogP contribution in [0.5, 0.6) is 11.5 Å². The Hall–Kier alpha value is -2.31. The van der Waals surface area contributed by atoms with Gasteiger partial charge in [0.15, 0.2) is 0 Å². The fourth-order valence-corrected chi connectivity index (χ4v) is 3.66. The van der Waals surface area contributed by atoms with E-state index in [2.05, 4.69) is 10.2 Å². The summed E-state index contributed by atoms with van der Waals surface area (Å²) in [4.78, 5) is 14.6. The highest BCUT2D eigenvalue weighted by atomic mass is 16.5. The number of ether oxygens (including phenoxy) is 2. The van der Waals surface area contributed by atoms with Crippen molar-refractivity contribution in [2.75, 3.05) is 40.4 Å². The highest BCUT2D eigenvalue weighted by Crippen LogP contribution is 2.37. The second kappa shape index (κ2) is 8.15. The van der Waals surface area contributed by atoms with Gasteiger partial charge in [-0.3, -0.25) is 9.69 Å². The van der Waals surface area contributed by atoms with Crippen molar-refractivity contribution >= 4 is 0 Å². The first-order chi connectivity index (χ1) is 13.0. The third-order valence-corrected chi connectivity index (χ3v) is 5.44. The number of nitrogens with one attached hydrogen (secondary N) is 1. The summed E-state index contributed by atoms with van der Waals surface area (Å²) in [5.74, 6) is 1.63. The molecule has 0 amide bonds. The standard InChI is InChI=1S/C21H29N3O3/c1-14-15(2)21(25)23(3)12-17(14)16-10-19(26-4)18(20(11-16)27-5)13-24-8-6-22-7-9-24/h10-12,22H,6-9,13H2,1-5H3. The Morgan fingerprint density at radius 1 is 1.04 bits per heavy atom. The van der Waals surface area contributed by atoms with E-state index < -0.39 is 0 Å². The van der Waals surface area contributed by atoms with Crippen molar-refractivity contribution < 1.29 is 9.47 Å². The minimum atomic E-state index is 0.0329. The lowest BCUT2D eigenvalue weighted by Crippen LogP contribution is -2.43. The number of hydrogen-bond acceptors (Lipinski definition) is 5. The van der Waals surface area contributed by atoms with Gasteiger partial charge in [-0.15, -0.1) is 0 Å². The first-order valence-corrected chi connectivity index (χ1v) is 9.31. The third kappa shape index (κ3) is 3.87. The van der Waals surface area contributed by atoms with Gasteiger partial charge in [-0.05, 0) is 37.1 Å². The van der Waals surface area contributed by atoms with Crippen molar-refractivity contribution in [2.24, 2.45) is 7.05 Å². The van der Waals surface area contributed by atoms with E-state index in [4.69, 9.17) is 9.47 Å². The number of hydrogen-bond donors (Lipinski definition) is 1. The lowest BCUT2D eigenvalue weighted by molar-refractivity contribution is 0.226. The smallest absolute Gasteiger partial charge is 0.253 e. The number of rotatable bonds is 5. The predicted molar refractivity (Wildman–Crippen MR) is 108 cm³/mol. The number of aryl methyl sites for hydroxylation is 1. The molecule has 0 saturated carbocycles. The molecule has 2 aromatic rings. The summed E-state index contributed by atoms with van der Waals surface area (Å²) in [5.41, 5.74) is 4.84. The molecule has 27 heavy (non-hydrogen) atoms. The Morgan fingerprint density at radius 2 is 1.63 bits per heavy atom. The molecule has 3 rings (SSSR count). The van der Waals surface area contributed by atoms with Gasteiger partial charge < -0.3 is 19.4 Å². The lowest BCUT2D eigenvalue weighted by atomic mass is 9.97. The SMILES string of the molecule is COc1cc(-c2cn(C)c(=O)c(C)c2C)cc(OC)c1CN1CCNCC1. The molecule has 1 aliphatic rings. The largest absolute Gasteiger partial charge is 0.496 e. The van der Waals surface area contributed by atoms with Crippen LogP contribution in [0.2, 0.25) is 0 Å². The number of methoxy groups -OCH3 is 2. The van der Waals surface area contributed by atoms with E-state index >= 15 is 0 Å². The van der Waals surface area contributed by atoms with E-state index in [1.165, 1.54) is 0 Å². The van der Waals surface area contributed by atoms with Gasteiger partial charge in [0.1, 0.15) is 11.5 Å². The third-order valence-electron chi connectivity index (χ3n) is 5.44. The monoisotopic (exact) mass is 371 g/mol. The highest BCUT2D eigenvalue weighted by Gasteiger charge is 2.19. The normalized spacial score (nSPS) is 15.0. The van der Waals surface area contributed by atoms with Crippen LogP contribution in [0.1, 0.15) is 16.7 Å². The molecular weight excluding hydrogens is 342 g/mol. The van der Waals surface area contributed by atoms with E-state index in [1.54, 1.807) is 25.8 Å². The van der Waals surface area contributed by atoms with Crippen LogP contribution in [0.15, 0.2) is 23.1 Å². The Kier molecular flexibility index (Phi) is 5.87. The van der Waals surface area contributed by atoms with Gasteiger partial charge in [0.25, 0.3) is 5.56 Å². The molecule has 1 aromatic heterocycles. The van der Waals surface area contributed by atoms with Gasteiger partial charge in [-0.25, -0.2) is 0 Å². The molecule has 1 saturated heterocycles. The molecule has 0 aliphatic carbocycles. The van der Waals surface area contributed by atoms with Crippen molar-refractivity contribution in [3.8, 4) is 22.6 Å². The average molecular weight is 371 g/mol. The quantitative estimate of drug-likeness (QED) is 0.872. The molecule has 0 unspecified atom stereocenters. The van der Waals surface area contributed by atoms with Crippen LogP contribution in [0.25, 0.3) is 11.1 Å². The summed E-state index contributed by atoms with van der Waals surface area (Å²) < 4.78 is 13.1. The van der Waals surface area contributed by atoms with Crippen molar-refractivity contribution in [2.45, 2.75) is 20.4 Å². The molecule has 1 aromatic carbocycles. The molecule has 1 aliphatic heterocycles. The average Bonchev–Trinajstić information content (AvgIpc) is 2.70. The molecule has 1 fully saturated rings. The second-order valence-corrected chi connectivity index (χ2v) is 7.09. The van der Waals surface area contributed by atoms with Crippen LogP contribution in [0.4, 0.5) is 0 Å². The molecule has 6 heteroatoms. The molecule has 0 atom stereocenters. The Balaban J connectivity index is 2.07. The summed E-state index contributed by atoms with van der Waals surface area (Å²) in [6.07, 6.45) is 1.88. The van der Waals surface area contributed by atoms with Gasteiger partial charge in [0, 0.05) is 57.1 Å². The van der Waals surface area contributed by atoms with Crippen LogP contribution in [0, 0.1) is 13.8 Å². The Bertz CT molecular complexity index is 858. The van der Waals surface area contributed by atoms with Crippen molar-refractivity contribution in [3.05, 3.63) is 45.4 Å². The predicted octanol–water partition coefficient (Wildman–Crippen LogP) is 2.09. The number of piperazine rings is 1. The van der Waals surface area contributed by atoms with Crippen LogP contribution in [0.3, 0.4) is 0 Å². The van der Waals surface area contributed by atoms with Gasteiger partial charge in [0.05, 0.1) is 19.8 Å². The van der Waals surface area contributed by atoms with Crippen molar-refractivity contribution in [1.29, 1.82) is 0 Å². The van der Waals surface area contributed by atoms with E-state index in [0.29, 0.717) is 0 Å². The van der Waals surface area contributed by atoms with Crippen molar-refractivity contribution in [1.82, 2.24) is 14.8 Å². The topological polar surface area (TPSA) is 55.7 Å². The fraction of sp³-hybridized carbons (Fsp3) is 0.476. The summed E-state index contributed by atoms with van der Waals surface area (Å²) in [5, 5.41) is 3.38. The molecule has 0 spiro atoms. The van der Waals surface area contributed by atoms with Gasteiger partial charge >= 0.3 is 0 Å². The maximum Gasteiger partial charge on any atom is 0.253 e. The fourth-order valence-electron chi connectivity index (χ4n) is 3.66. The molecule has 0 bridgehead atoms. The van der Waals surface area contributed by atoms with Crippen LogP contribution in [-0.2, 0) is 13.6 Å². The highest BCUT2D eigenvalue weighted by molar-refractivity contribution is 5.72. The summed E-state index contributed by atoms with van der Waals surface area (Å²) in [6.45, 7) is 8.66. The molecule has 6 nitrogen and oxygen atoms in total. The molecule has 2 heterocycles. The Morgan fingerprint density at radius 3 is 2.19 bits per heavy atom. The zero-order chi connectivity index (χ0) is 19.6. The van der Waals surface area contributed by atoms with Crippen LogP contribution in [-0.4, -0.2) is 49.9 Å². The number of nitrogens with zero attached hydrogens (tertiary/aromatic N) is 2. The molecular formula is C21H29N3O3. The number of aromatic nitrogens is 1. The molecule has 146 valence electrons. The van der Waals surface area contributed by atoms with E-state index in [0.717, 1.165) is 72.0 Å². The Labute approximate surface area is 160 Å². The zero-order valence-corrected chi connectivity index (χ0v) is 16.9. The van der Waals surface area contributed by atoms with E-state index in [-0.39, 0.29) is 5.56 Å². The van der Waals surface area contributed by atoms with Gasteiger partial charge in [0.2, 0.25) is 0 Å². The second-order valence-electron chi connectivity index (χ2n) is 7.09. The summed E-state index contributed by atoms with van der Waals surface area (Å²) in [6, 6.07) is 4.10. The summed E-state index contributed by atoms with van der Waals surface area (Å²) in [7, 11) is 5.17. The minimum absolute atomic E-state index is 0.0329. The van der Waals surface area contributed by atoms with Crippen LogP contribution < -0.4 is 20.3 Å². The van der Waals surface area contributed by atoms with Crippen LogP contribution >= 0.6 is 0 Å². The van der Waals surface area contributed by atoms with Crippen molar-refractivity contribution in [3.63, 3.8) is 0 Å². The first-order valence-electron chi connectivity index (χ1n) is 9.31. The minimum Gasteiger partial charge on any atom is -0.496 e. The maximum atomic E-state index is 12.2. The van der Waals surface area contributed by atoms with E-state index in [1.807, 2.05) is 32.2 Å². The zero-order valence-electron chi connectivity index (χ0n) is 16.9. The van der Waals surface area contributed by atoms with Gasteiger partial charge in [-0.1, -0.05) is 0 Å². The van der Waals surface area contributed by atoms with E-state index in [9.17, 15) is 4.79 Å². The van der Waals surface area contributed by atoms with Gasteiger partial charge in [-0.2, -0.15) is 0 Å². The molecule has 1 N–H and O–H groups in total. The molecule has 0 radical (unpaired) electrons. The maximum absolute atomic E-state index is 12.2.